The average Bonchev–Trinajstić information content (AvgIpc) is 3.10. The fraction of sp³-hybridized carbons (Fsp3) is 0.525. The summed E-state index contributed by atoms with van der Waals surface area (Å²) in [5.41, 5.74) is 0.239. The number of nitrogens with two attached hydrogens (primary N) is 1. The number of esters is 4. The number of ketones is 1. The van der Waals surface area contributed by atoms with E-state index in [0.29, 0.717) is 11.1 Å². The Labute approximate surface area is 307 Å². The van der Waals surface area contributed by atoms with Gasteiger partial charge in [-0.25, -0.2) is 4.79 Å². The van der Waals surface area contributed by atoms with Crippen molar-refractivity contribution >= 4 is 29.7 Å². The molecule has 284 valence electrons. The Bertz CT molecular complexity index is 1830. The second-order valence-electron chi connectivity index (χ2n) is 15.5. The predicted octanol–water partition coefficient (Wildman–Crippen LogP) is 3.29. The van der Waals surface area contributed by atoms with E-state index in [1.807, 2.05) is 6.07 Å². The summed E-state index contributed by atoms with van der Waals surface area (Å²) in [6, 6.07) is 16.3. The van der Waals surface area contributed by atoms with Crippen LogP contribution in [0.2, 0.25) is 0 Å². The number of rotatable bonds is 8. The lowest BCUT2D eigenvalue weighted by Crippen LogP contribution is -2.82. The second-order valence-corrected chi connectivity index (χ2v) is 15.5. The molecule has 1 unspecified atom stereocenters. The molecule has 1 heterocycles. The maximum absolute atomic E-state index is 15.3. The molecule has 0 aromatic heterocycles. The molecule has 0 amide bonds. The average molecular weight is 734 g/mol. The summed E-state index contributed by atoms with van der Waals surface area (Å²) in [6.07, 6.45) is -7.80. The van der Waals surface area contributed by atoms with Crippen molar-refractivity contribution in [3.8, 4) is 0 Å². The van der Waals surface area contributed by atoms with Gasteiger partial charge in [-0.1, -0.05) is 62.4 Å². The minimum Gasteiger partial charge on any atom is -0.458 e. The normalized spacial score (nSPS) is 34.8. The van der Waals surface area contributed by atoms with Crippen molar-refractivity contribution in [1.29, 1.82) is 0 Å². The van der Waals surface area contributed by atoms with Crippen molar-refractivity contribution in [2.45, 2.75) is 109 Å². The van der Waals surface area contributed by atoms with Gasteiger partial charge < -0.3 is 39.6 Å². The highest BCUT2D eigenvalue weighted by atomic mass is 16.6. The number of fused-ring (bicyclic) bond motifs is 5. The highest BCUT2D eigenvalue weighted by molar-refractivity contribution is 5.95. The first kappa shape index (κ1) is 38.3. The van der Waals surface area contributed by atoms with Crippen LogP contribution in [-0.2, 0) is 42.9 Å². The molecule has 2 aromatic carbocycles. The molecule has 2 saturated carbocycles. The summed E-state index contributed by atoms with van der Waals surface area (Å²) in [6.45, 7) is 8.38. The van der Waals surface area contributed by atoms with Gasteiger partial charge in [-0.15, -0.1) is 0 Å². The van der Waals surface area contributed by atoms with Gasteiger partial charge in [-0.05, 0) is 42.7 Å². The molecule has 10 atom stereocenters. The second kappa shape index (κ2) is 13.8. The van der Waals surface area contributed by atoms with E-state index in [1.165, 1.54) is 26.0 Å². The van der Waals surface area contributed by atoms with Crippen LogP contribution >= 0.6 is 0 Å². The standard InChI is InChI=1S/C40H47NO12/c1-21-27(51-30(45)17-26(41)24-13-9-7-10-14-24)19-40(48)35(52-36(47)25-15-11-8-12-16-25)33-38(6,28(44)18-29-39(33,20-49-29)53-23(3)43)34(46)32(50-22(2)42)31(21)37(40,4)5/h7-16,26-29,32-33,35,44,48H,17-20,41H2,1-6H3/t26-,27+,28+,29-,32-,33?,35+,38-,39+,40-/m1/s1. The molecule has 1 saturated heterocycles. The van der Waals surface area contributed by atoms with Gasteiger partial charge in [0.1, 0.15) is 23.9 Å². The highest BCUT2D eigenvalue weighted by Gasteiger charge is 2.78. The molecule has 0 radical (unpaired) electrons. The summed E-state index contributed by atoms with van der Waals surface area (Å²) in [5.74, 6) is -5.36. The number of benzene rings is 2. The number of carbonyl (C=O) groups is 5. The number of Topliss-reactive ketones (excluding diaryl/α,β-unsaturated/α-hetero) is 1. The van der Waals surface area contributed by atoms with Gasteiger partial charge >= 0.3 is 23.9 Å². The molecule has 13 nitrogen and oxygen atoms in total. The van der Waals surface area contributed by atoms with Crippen LogP contribution in [0.25, 0.3) is 0 Å². The van der Waals surface area contributed by atoms with Gasteiger partial charge in [0.25, 0.3) is 0 Å². The zero-order valence-electron chi connectivity index (χ0n) is 30.7. The number of hydrogen-bond acceptors (Lipinski definition) is 13. The lowest BCUT2D eigenvalue weighted by Gasteiger charge is -2.67. The minimum absolute atomic E-state index is 0.123. The van der Waals surface area contributed by atoms with Crippen LogP contribution in [-0.4, -0.2) is 88.2 Å². The zero-order chi connectivity index (χ0) is 38.7. The first-order valence-corrected chi connectivity index (χ1v) is 17.8. The molecule has 0 spiro atoms. The topological polar surface area (TPSA) is 198 Å². The van der Waals surface area contributed by atoms with Gasteiger partial charge in [0, 0.05) is 38.1 Å². The van der Waals surface area contributed by atoms with Crippen molar-refractivity contribution in [3.05, 3.63) is 82.9 Å². The van der Waals surface area contributed by atoms with Crippen LogP contribution in [0.4, 0.5) is 0 Å². The molecular formula is C40H47NO12. The Morgan fingerprint density at radius 2 is 1.57 bits per heavy atom. The molecular weight excluding hydrogens is 686 g/mol. The first-order chi connectivity index (χ1) is 24.9. The van der Waals surface area contributed by atoms with Crippen LogP contribution in [0, 0.1) is 16.7 Å². The number of aliphatic hydroxyl groups excluding tert-OH is 1. The van der Waals surface area contributed by atoms with E-state index in [-0.39, 0.29) is 37.0 Å². The molecule has 13 heteroatoms. The maximum Gasteiger partial charge on any atom is 0.338 e. The zero-order valence-corrected chi connectivity index (χ0v) is 30.7. The number of hydrogen-bond donors (Lipinski definition) is 3. The molecule has 2 aromatic rings. The molecule has 6 rings (SSSR count). The summed E-state index contributed by atoms with van der Waals surface area (Å²) >= 11 is 0. The maximum atomic E-state index is 15.3. The van der Waals surface area contributed by atoms with Crippen molar-refractivity contribution in [1.82, 2.24) is 0 Å². The highest BCUT2D eigenvalue weighted by Crippen LogP contribution is 2.64. The largest absolute Gasteiger partial charge is 0.458 e. The molecule has 3 aliphatic carbocycles. The number of ether oxygens (including phenoxy) is 5. The van der Waals surface area contributed by atoms with Gasteiger partial charge in [-0.3, -0.25) is 19.2 Å². The lowest BCUT2D eigenvalue weighted by atomic mass is 9.44. The van der Waals surface area contributed by atoms with Crippen LogP contribution in [0.1, 0.15) is 82.8 Å². The smallest absolute Gasteiger partial charge is 0.338 e. The summed E-state index contributed by atoms with van der Waals surface area (Å²) in [5, 5.41) is 25.4. The van der Waals surface area contributed by atoms with E-state index < -0.39 is 94.2 Å². The lowest BCUT2D eigenvalue weighted by molar-refractivity contribution is -0.346. The molecule has 1 aliphatic heterocycles. The Morgan fingerprint density at radius 1 is 0.943 bits per heavy atom. The Morgan fingerprint density at radius 3 is 2.13 bits per heavy atom. The third kappa shape index (κ3) is 6.17. The quantitative estimate of drug-likeness (QED) is 0.203. The van der Waals surface area contributed by atoms with E-state index in [9.17, 15) is 29.4 Å². The molecule has 2 bridgehead atoms. The fourth-order valence-corrected chi connectivity index (χ4v) is 9.22. The third-order valence-electron chi connectivity index (χ3n) is 12.1. The third-order valence-corrected chi connectivity index (χ3v) is 12.1. The SMILES string of the molecule is CC(=O)O[C@H]1C(=O)[C@@]2(C)C([C@H](OC(=O)c3ccccc3)[C@]3(O)C[C@H](OC(=O)C[C@@H](N)c4ccccc4)C(C)=C1C3(C)C)[C@]1(OC(C)=O)CO[C@@H]1C[C@@H]2O. The Balaban J connectivity index is 1.57. The van der Waals surface area contributed by atoms with Crippen LogP contribution in [0.5, 0.6) is 0 Å². The summed E-state index contributed by atoms with van der Waals surface area (Å²) in [7, 11) is 0. The van der Waals surface area contributed by atoms with Gasteiger partial charge in [0.05, 0.1) is 36.0 Å². The Kier molecular flexibility index (Phi) is 9.95. The first-order valence-electron chi connectivity index (χ1n) is 17.8. The van der Waals surface area contributed by atoms with E-state index in [0.717, 1.165) is 6.92 Å². The molecule has 4 aliphatic rings. The van der Waals surface area contributed by atoms with E-state index >= 15 is 4.79 Å². The predicted molar refractivity (Wildman–Crippen MR) is 187 cm³/mol. The van der Waals surface area contributed by atoms with Gasteiger partial charge in [-0.2, -0.15) is 0 Å². The Hall–Kier alpha value is -4.43. The van der Waals surface area contributed by atoms with Crippen molar-refractivity contribution in [2.75, 3.05) is 6.61 Å². The summed E-state index contributed by atoms with van der Waals surface area (Å²) in [4.78, 5) is 68.6. The van der Waals surface area contributed by atoms with Crippen LogP contribution in [0.3, 0.4) is 0 Å². The van der Waals surface area contributed by atoms with E-state index in [1.54, 1.807) is 63.2 Å². The number of carbonyl (C=O) groups excluding carboxylic acids is 5. The van der Waals surface area contributed by atoms with Crippen LogP contribution < -0.4 is 5.73 Å². The number of aliphatic hydroxyl groups is 2. The van der Waals surface area contributed by atoms with Crippen molar-refractivity contribution < 1.29 is 57.9 Å². The monoisotopic (exact) mass is 733 g/mol. The molecule has 4 N–H and O–H groups in total. The van der Waals surface area contributed by atoms with Gasteiger partial charge in [0.2, 0.25) is 0 Å². The van der Waals surface area contributed by atoms with Crippen molar-refractivity contribution in [3.63, 3.8) is 0 Å². The van der Waals surface area contributed by atoms with E-state index in [2.05, 4.69) is 0 Å². The van der Waals surface area contributed by atoms with Crippen LogP contribution in [0.15, 0.2) is 71.8 Å². The van der Waals surface area contributed by atoms with Gasteiger partial charge in [0.15, 0.2) is 17.5 Å². The van der Waals surface area contributed by atoms with Crippen molar-refractivity contribution in [2.24, 2.45) is 22.5 Å². The summed E-state index contributed by atoms with van der Waals surface area (Å²) < 4.78 is 30.1. The fourth-order valence-electron chi connectivity index (χ4n) is 9.22. The minimum atomic E-state index is -2.23. The van der Waals surface area contributed by atoms with E-state index in [4.69, 9.17) is 29.4 Å². The molecule has 3 fully saturated rings. The molecule has 53 heavy (non-hydrogen) atoms.